The van der Waals surface area contributed by atoms with Crippen molar-refractivity contribution in [2.75, 3.05) is 5.32 Å². The van der Waals surface area contributed by atoms with Crippen molar-refractivity contribution in [3.63, 3.8) is 0 Å². The molecule has 2 heterocycles. The van der Waals surface area contributed by atoms with Crippen LogP contribution >= 0.6 is 23.1 Å². The van der Waals surface area contributed by atoms with Crippen LogP contribution in [0.1, 0.15) is 25.0 Å². The molecule has 0 unspecified atom stereocenters. The molecule has 0 radical (unpaired) electrons. The number of hydrogen-bond donors (Lipinski definition) is 2. The Kier molecular flexibility index (Phi) is 6.58. The summed E-state index contributed by atoms with van der Waals surface area (Å²) in [7, 11) is -3.67. The molecule has 32 heavy (non-hydrogen) atoms. The number of nitrogens with one attached hydrogen (secondary N) is 2. The van der Waals surface area contributed by atoms with Crippen LogP contribution < -0.4 is 10.0 Å². The van der Waals surface area contributed by atoms with E-state index in [4.69, 9.17) is 0 Å². The van der Waals surface area contributed by atoms with E-state index in [0.29, 0.717) is 10.7 Å². The SMILES string of the molecule is CC(C)[C@H](N=C1NS(=O)(=O)c2ccccc21)C(=O)Nc1nnc(SCc2ccccc2)s1. The second-order valence-electron chi connectivity index (χ2n) is 7.40. The average Bonchev–Trinajstić information content (AvgIpc) is 3.32. The van der Waals surface area contributed by atoms with Gasteiger partial charge in [-0.15, -0.1) is 10.2 Å². The van der Waals surface area contributed by atoms with Gasteiger partial charge in [0.2, 0.25) is 5.13 Å². The van der Waals surface area contributed by atoms with Crippen molar-refractivity contribution in [3.8, 4) is 0 Å². The Morgan fingerprint density at radius 1 is 1.12 bits per heavy atom. The zero-order valence-corrected chi connectivity index (χ0v) is 19.8. The summed E-state index contributed by atoms with van der Waals surface area (Å²) in [4.78, 5) is 17.6. The molecule has 1 amide bonds. The highest BCUT2D eigenvalue weighted by molar-refractivity contribution is 8.00. The van der Waals surface area contributed by atoms with E-state index in [0.717, 1.165) is 10.1 Å². The van der Waals surface area contributed by atoms with Gasteiger partial charge in [-0.25, -0.2) is 8.42 Å². The predicted octanol–water partition coefficient (Wildman–Crippen LogP) is 3.53. The molecule has 0 aliphatic carbocycles. The van der Waals surface area contributed by atoms with Crippen molar-refractivity contribution in [2.24, 2.45) is 10.9 Å². The lowest BCUT2D eigenvalue weighted by Gasteiger charge is -2.16. The molecule has 4 rings (SSSR count). The van der Waals surface area contributed by atoms with Gasteiger partial charge in [0, 0.05) is 11.3 Å². The summed E-state index contributed by atoms with van der Waals surface area (Å²) >= 11 is 2.83. The van der Waals surface area contributed by atoms with Gasteiger partial charge in [0.1, 0.15) is 11.9 Å². The van der Waals surface area contributed by atoms with Crippen molar-refractivity contribution >= 4 is 50.0 Å². The first-order valence-electron chi connectivity index (χ1n) is 9.84. The predicted molar refractivity (Wildman–Crippen MR) is 126 cm³/mol. The van der Waals surface area contributed by atoms with Crippen LogP contribution in [-0.4, -0.2) is 36.4 Å². The number of hydrogen-bond acceptors (Lipinski definition) is 8. The third-order valence-corrected chi connectivity index (χ3v) is 8.11. The molecule has 166 valence electrons. The van der Waals surface area contributed by atoms with Crippen LogP contribution in [0.2, 0.25) is 0 Å². The quantitative estimate of drug-likeness (QED) is 0.389. The zero-order chi connectivity index (χ0) is 22.7. The number of carbonyl (C=O) groups excluding carboxylic acids is 1. The fourth-order valence-electron chi connectivity index (χ4n) is 3.10. The molecule has 3 aromatic rings. The lowest BCUT2D eigenvalue weighted by Crippen LogP contribution is -2.34. The smallest absolute Gasteiger partial charge is 0.263 e. The van der Waals surface area contributed by atoms with Gasteiger partial charge in [0.05, 0.1) is 4.90 Å². The number of sulfonamides is 1. The van der Waals surface area contributed by atoms with Crippen molar-refractivity contribution in [1.29, 1.82) is 0 Å². The van der Waals surface area contributed by atoms with E-state index in [1.807, 2.05) is 44.2 Å². The Labute approximate surface area is 194 Å². The molecule has 0 fully saturated rings. The highest BCUT2D eigenvalue weighted by atomic mass is 32.2. The lowest BCUT2D eigenvalue weighted by atomic mass is 10.0. The second kappa shape index (κ2) is 9.39. The third kappa shape index (κ3) is 5.00. The molecule has 1 aromatic heterocycles. The summed E-state index contributed by atoms with van der Waals surface area (Å²) in [6, 6.07) is 15.8. The number of rotatable bonds is 7. The van der Waals surface area contributed by atoms with Crippen molar-refractivity contribution in [1.82, 2.24) is 14.9 Å². The van der Waals surface area contributed by atoms with Crippen LogP contribution in [-0.2, 0) is 20.6 Å². The summed E-state index contributed by atoms with van der Waals surface area (Å²) in [6.07, 6.45) is 0. The number of benzene rings is 2. The van der Waals surface area contributed by atoms with Gasteiger partial charge in [-0.2, -0.15) is 0 Å². The number of anilines is 1. The number of nitrogens with zero attached hydrogens (tertiary/aromatic N) is 3. The first-order valence-corrected chi connectivity index (χ1v) is 13.1. The van der Waals surface area contributed by atoms with Crippen LogP contribution in [0.3, 0.4) is 0 Å². The minimum Gasteiger partial charge on any atom is -0.299 e. The Morgan fingerprint density at radius 3 is 2.59 bits per heavy atom. The number of amidine groups is 1. The maximum absolute atomic E-state index is 12.9. The molecule has 0 saturated heterocycles. The Balaban J connectivity index is 1.47. The molecule has 1 atom stereocenters. The Morgan fingerprint density at radius 2 is 1.84 bits per heavy atom. The maximum atomic E-state index is 12.9. The molecule has 2 N–H and O–H groups in total. The number of amides is 1. The monoisotopic (exact) mass is 487 g/mol. The Bertz CT molecular complexity index is 1260. The fraction of sp³-hybridized carbons (Fsp3) is 0.238. The first kappa shape index (κ1) is 22.4. The summed E-state index contributed by atoms with van der Waals surface area (Å²) < 4.78 is 27.9. The summed E-state index contributed by atoms with van der Waals surface area (Å²) in [6.45, 7) is 3.70. The average molecular weight is 488 g/mol. The van der Waals surface area contributed by atoms with Crippen LogP contribution in [0.4, 0.5) is 5.13 Å². The van der Waals surface area contributed by atoms with Crippen molar-refractivity contribution in [2.45, 2.75) is 34.9 Å². The van der Waals surface area contributed by atoms with Crippen molar-refractivity contribution < 1.29 is 13.2 Å². The van der Waals surface area contributed by atoms with Gasteiger partial charge in [-0.1, -0.05) is 79.4 Å². The highest BCUT2D eigenvalue weighted by Gasteiger charge is 2.32. The molecule has 11 heteroatoms. The fourth-order valence-corrected chi connectivity index (χ4v) is 6.05. The largest absolute Gasteiger partial charge is 0.299 e. The van der Waals surface area contributed by atoms with Crippen LogP contribution in [0.5, 0.6) is 0 Å². The van der Waals surface area contributed by atoms with E-state index in [2.05, 4.69) is 25.2 Å². The first-order chi connectivity index (χ1) is 15.3. The van der Waals surface area contributed by atoms with E-state index >= 15 is 0 Å². The van der Waals surface area contributed by atoms with E-state index in [9.17, 15) is 13.2 Å². The lowest BCUT2D eigenvalue weighted by molar-refractivity contribution is -0.118. The molecule has 8 nitrogen and oxygen atoms in total. The third-order valence-electron chi connectivity index (χ3n) is 4.67. The van der Waals surface area contributed by atoms with E-state index < -0.39 is 16.1 Å². The number of fused-ring (bicyclic) bond motifs is 1. The second-order valence-corrected chi connectivity index (χ2v) is 11.3. The van der Waals surface area contributed by atoms with E-state index in [1.54, 1.807) is 30.0 Å². The molecule has 0 saturated carbocycles. The summed E-state index contributed by atoms with van der Waals surface area (Å²) in [5.41, 5.74) is 1.63. The standard InChI is InChI=1S/C21H21N5O3S3/c1-13(2)17(22-18-15-10-6-7-11-16(15)32(28,29)26-18)19(27)23-20-24-25-21(31-20)30-12-14-8-4-3-5-9-14/h3-11,13,17H,12H2,1-2H3,(H,22,26)(H,23,24,27)/t17-/m0/s1. The van der Waals surface area contributed by atoms with Gasteiger partial charge in [0.15, 0.2) is 4.34 Å². The molecular weight excluding hydrogens is 466 g/mol. The number of aromatic nitrogens is 2. The van der Waals surface area contributed by atoms with Gasteiger partial charge >= 0.3 is 0 Å². The summed E-state index contributed by atoms with van der Waals surface area (Å²) in [5, 5.41) is 11.3. The minimum absolute atomic E-state index is 0.158. The zero-order valence-electron chi connectivity index (χ0n) is 17.3. The normalized spacial score (nSPS) is 16.5. The van der Waals surface area contributed by atoms with E-state index in [-0.39, 0.29) is 22.6 Å². The maximum Gasteiger partial charge on any atom is 0.263 e. The number of thioether (sulfide) groups is 1. The van der Waals surface area contributed by atoms with Crippen molar-refractivity contribution in [3.05, 3.63) is 65.7 Å². The molecule has 2 aromatic carbocycles. The van der Waals surface area contributed by atoms with Crippen LogP contribution in [0, 0.1) is 5.92 Å². The number of carbonyl (C=O) groups is 1. The van der Waals surface area contributed by atoms with Crippen LogP contribution in [0.25, 0.3) is 0 Å². The van der Waals surface area contributed by atoms with Gasteiger partial charge in [0.25, 0.3) is 15.9 Å². The topological polar surface area (TPSA) is 113 Å². The van der Waals surface area contributed by atoms with Crippen LogP contribution in [0.15, 0.2) is 68.8 Å². The van der Waals surface area contributed by atoms with Gasteiger partial charge in [-0.3, -0.25) is 19.8 Å². The molecule has 1 aliphatic rings. The highest BCUT2D eigenvalue weighted by Crippen LogP contribution is 2.29. The van der Waals surface area contributed by atoms with Gasteiger partial charge < -0.3 is 0 Å². The molecular formula is C21H21N5O3S3. The number of aliphatic imine (C=N–C) groups is 1. The van der Waals surface area contributed by atoms with E-state index in [1.165, 1.54) is 23.0 Å². The molecule has 0 spiro atoms. The summed E-state index contributed by atoms with van der Waals surface area (Å²) in [5.74, 6) is 0.392. The molecule has 1 aliphatic heterocycles. The molecule has 0 bridgehead atoms. The minimum atomic E-state index is -3.67. The Hall–Kier alpha value is -2.76. The van der Waals surface area contributed by atoms with Gasteiger partial charge in [-0.05, 0) is 23.6 Å².